The molecule has 0 bridgehead atoms. The van der Waals surface area contributed by atoms with Crippen LogP contribution >= 0.6 is 15.9 Å². The Labute approximate surface area is 118 Å². The summed E-state index contributed by atoms with van der Waals surface area (Å²) in [7, 11) is 0. The van der Waals surface area contributed by atoms with Crippen molar-refractivity contribution in [1.29, 1.82) is 0 Å². The maximum atomic E-state index is 3.61. The largest absolute Gasteiger partial charge is 0.316 e. The van der Waals surface area contributed by atoms with Crippen molar-refractivity contribution in [3.05, 3.63) is 34.3 Å². The van der Waals surface area contributed by atoms with Crippen LogP contribution in [0.1, 0.15) is 44.1 Å². The number of rotatable bonds is 1. The molecule has 18 heavy (non-hydrogen) atoms. The molecule has 3 atom stereocenters. The molecule has 1 aromatic rings. The molecule has 2 fully saturated rings. The lowest BCUT2D eigenvalue weighted by Gasteiger charge is -2.45. The quantitative estimate of drug-likeness (QED) is 0.814. The average Bonchev–Trinajstić information content (AvgIpc) is 2.74. The Bertz CT molecular complexity index is 414. The summed E-state index contributed by atoms with van der Waals surface area (Å²) >= 11 is 3.54. The molecule has 1 aromatic carbocycles. The van der Waals surface area contributed by atoms with Crippen molar-refractivity contribution in [2.75, 3.05) is 13.1 Å². The van der Waals surface area contributed by atoms with E-state index in [1.807, 2.05) is 0 Å². The summed E-state index contributed by atoms with van der Waals surface area (Å²) < 4.78 is 1.18. The van der Waals surface area contributed by atoms with Gasteiger partial charge in [0.05, 0.1) is 0 Å². The van der Waals surface area contributed by atoms with Gasteiger partial charge in [-0.3, -0.25) is 0 Å². The maximum absolute atomic E-state index is 3.61. The van der Waals surface area contributed by atoms with Crippen LogP contribution in [0.3, 0.4) is 0 Å². The molecule has 2 heteroatoms. The molecule has 2 aliphatic rings. The van der Waals surface area contributed by atoms with Crippen molar-refractivity contribution < 1.29 is 0 Å². The molecule has 1 spiro atoms. The van der Waals surface area contributed by atoms with Gasteiger partial charge in [-0.1, -0.05) is 47.8 Å². The molecule has 1 aliphatic heterocycles. The second-order valence-electron chi connectivity index (χ2n) is 6.08. The Morgan fingerprint density at radius 2 is 2.00 bits per heavy atom. The number of hydrogen-bond acceptors (Lipinski definition) is 1. The van der Waals surface area contributed by atoms with Crippen LogP contribution in [0.25, 0.3) is 0 Å². The number of nitrogens with one attached hydrogen (secondary N) is 1. The van der Waals surface area contributed by atoms with E-state index in [9.17, 15) is 0 Å². The van der Waals surface area contributed by atoms with Crippen LogP contribution in [0.15, 0.2) is 28.7 Å². The highest BCUT2D eigenvalue weighted by atomic mass is 79.9. The van der Waals surface area contributed by atoms with Gasteiger partial charge in [-0.05, 0) is 48.4 Å². The van der Waals surface area contributed by atoms with E-state index >= 15 is 0 Å². The zero-order valence-electron chi connectivity index (χ0n) is 11.1. The first kappa shape index (κ1) is 12.7. The van der Waals surface area contributed by atoms with Crippen LogP contribution in [-0.2, 0) is 0 Å². The van der Waals surface area contributed by atoms with Gasteiger partial charge in [-0.2, -0.15) is 0 Å². The van der Waals surface area contributed by atoms with Crippen molar-refractivity contribution in [3.63, 3.8) is 0 Å². The van der Waals surface area contributed by atoms with E-state index in [1.54, 1.807) is 0 Å². The molecule has 1 heterocycles. The van der Waals surface area contributed by atoms with E-state index in [4.69, 9.17) is 0 Å². The van der Waals surface area contributed by atoms with Crippen LogP contribution in [0.4, 0.5) is 0 Å². The minimum Gasteiger partial charge on any atom is -0.316 e. The van der Waals surface area contributed by atoms with Gasteiger partial charge >= 0.3 is 0 Å². The molecule has 98 valence electrons. The fraction of sp³-hybridized carbons (Fsp3) is 0.625. The Morgan fingerprint density at radius 3 is 2.67 bits per heavy atom. The molecule has 1 aliphatic carbocycles. The van der Waals surface area contributed by atoms with Gasteiger partial charge in [0.2, 0.25) is 0 Å². The molecule has 1 saturated carbocycles. The second-order valence-corrected chi connectivity index (χ2v) is 7.00. The minimum absolute atomic E-state index is 0.569. The molecule has 1 nitrogen and oxygen atoms in total. The predicted octanol–water partition coefficient (Wildman–Crippen LogP) is 4.33. The van der Waals surface area contributed by atoms with Crippen LogP contribution in [-0.4, -0.2) is 13.1 Å². The van der Waals surface area contributed by atoms with E-state index in [2.05, 4.69) is 52.4 Å². The van der Waals surface area contributed by atoms with Crippen LogP contribution in [0, 0.1) is 11.3 Å². The summed E-state index contributed by atoms with van der Waals surface area (Å²) in [4.78, 5) is 0. The predicted molar refractivity (Wildman–Crippen MR) is 79.8 cm³/mol. The van der Waals surface area contributed by atoms with Crippen molar-refractivity contribution in [2.45, 2.75) is 38.5 Å². The van der Waals surface area contributed by atoms with E-state index in [1.165, 1.54) is 42.3 Å². The van der Waals surface area contributed by atoms with Gasteiger partial charge in [0, 0.05) is 16.9 Å². The van der Waals surface area contributed by atoms with Crippen LogP contribution < -0.4 is 5.32 Å². The fourth-order valence-corrected chi connectivity index (χ4v) is 4.51. The smallest absolute Gasteiger partial charge is 0.0175 e. The van der Waals surface area contributed by atoms with Crippen molar-refractivity contribution in [2.24, 2.45) is 11.3 Å². The van der Waals surface area contributed by atoms with Gasteiger partial charge in [0.1, 0.15) is 0 Å². The summed E-state index contributed by atoms with van der Waals surface area (Å²) in [6.45, 7) is 4.84. The first-order chi connectivity index (χ1) is 8.72. The zero-order chi connectivity index (χ0) is 12.6. The zero-order valence-corrected chi connectivity index (χ0v) is 12.7. The van der Waals surface area contributed by atoms with Gasteiger partial charge in [-0.15, -0.1) is 0 Å². The third kappa shape index (κ3) is 2.04. The van der Waals surface area contributed by atoms with Crippen molar-refractivity contribution in [1.82, 2.24) is 5.32 Å². The molecule has 3 unspecified atom stereocenters. The second kappa shape index (κ2) is 4.97. The molecule has 3 rings (SSSR count). The Hall–Kier alpha value is -0.340. The standard InChI is InChI=1S/C16H22BrN/c1-12-3-2-8-16(12)9-10-18-11-15(16)13-4-6-14(17)7-5-13/h4-7,12,15,18H,2-3,8-11H2,1H3. The van der Waals surface area contributed by atoms with Gasteiger partial charge in [-0.25, -0.2) is 0 Å². The van der Waals surface area contributed by atoms with Crippen molar-refractivity contribution in [3.8, 4) is 0 Å². The highest BCUT2D eigenvalue weighted by molar-refractivity contribution is 9.10. The molecule has 0 radical (unpaired) electrons. The SMILES string of the molecule is CC1CCCC12CCNCC2c1ccc(Br)cc1. The third-order valence-corrected chi connectivity index (χ3v) is 5.87. The Kier molecular flexibility index (Phi) is 3.50. The monoisotopic (exact) mass is 307 g/mol. The molecule has 1 N–H and O–H groups in total. The van der Waals surface area contributed by atoms with E-state index in [0.29, 0.717) is 11.3 Å². The van der Waals surface area contributed by atoms with Crippen LogP contribution in [0.5, 0.6) is 0 Å². The van der Waals surface area contributed by atoms with E-state index < -0.39 is 0 Å². The lowest BCUT2D eigenvalue weighted by atomic mass is 9.63. The fourth-order valence-electron chi connectivity index (χ4n) is 4.25. The Morgan fingerprint density at radius 1 is 1.22 bits per heavy atom. The summed E-state index contributed by atoms with van der Waals surface area (Å²) in [6, 6.07) is 9.01. The molecular formula is C16H22BrN. The van der Waals surface area contributed by atoms with Gasteiger partial charge in [0.15, 0.2) is 0 Å². The number of piperidine rings is 1. The summed E-state index contributed by atoms with van der Waals surface area (Å²) in [5.74, 6) is 1.59. The molecule has 0 amide bonds. The minimum atomic E-state index is 0.569. The highest BCUT2D eigenvalue weighted by Crippen LogP contribution is 2.55. The molecule has 1 saturated heterocycles. The lowest BCUT2D eigenvalue weighted by Crippen LogP contribution is -2.45. The van der Waals surface area contributed by atoms with E-state index in [0.717, 1.165) is 12.5 Å². The normalized spacial score (nSPS) is 36.1. The first-order valence-electron chi connectivity index (χ1n) is 7.18. The summed E-state index contributed by atoms with van der Waals surface area (Å²) in [6.07, 6.45) is 5.63. The molecule has 0 aromatic heterocycles. The molecular weight excluding hydrogens is 286 g/mol. The number of halogens is 1. The average molecular weight is 308 g/mol. The summed E-state index contributed by atoms with van der Waals surface area (Å²) in [5, 5.41) is 3.61. The number of benzene rings is 1. The highest BCUT2D eigenvalue weighted by Gasteiger charge is 2.47. The summed E-state index contributed by atoms with van der Waals surface area (Å²) in [5.41, 5.74) is 2.10. The van der Waals surface area contributed by atoms with Gasteiger partial charge < -0.3 is 5.32 Å². The lowest BCUT2D eigenvalue weighted by molar-refractivity contribution is 0.116. The number of hydrogen-bond donors (Lipinski definition) is 1. The topological polar surface area (TPSA) is 12.0 Å². The Balaban J connectivity index is 1.95. The first-order valence-corrected chi connectivity index (χ1v) is 7.98. The van der Waals surface area contributed by atoms with Gasteiger partial charge in [0.25, 0.3) is 0 Å². The van der Waals surface area contributed by atoms with Crippen molar-refractivity contribution >= 4 is 15.9 Å². The van der Waals surface area contributed by atoms with Crippen LogP contribution in [0.2, 0.25) is 0 Å². The van der Waals surface area contributed by atoms with E-state index in [-0.39, 0.29) is 0 Å². The third-order valence-electron chi connectivity index (χ3n) is 5.34. The maximum Gasteiger partial charge on any atom is 0.0175 e.